The van der Waals surface area contributed by atoms with E-state index in [1.807, 2.05) is 0 Å². The van der Waals surface area contributed by atoms with Crippen molar-refractivity contribution in [3.8, 4) is 0 Å². The molecule has 0 bridgehead atoms. The van der Waals surface area contributed by atoms with E-state index in [1.54, 1.807) is 0 Å². The number of nitrogens with zero attached hydrogens (tertiary/aromatic N) is 1. The fourth-order valence-electron chi connectivity index (χ4n) is 2.62. The zero-order chi connectivity index (χ0) is 19.3. The molecule has 1 fully saturated rings. The highest BCUT2D eigenvalue weighted by molar-refractivity contribution is 7.89. The van der Waals surface area contributed by atoms with Crippen LogP contribution in [0, 0.1) is 0 Å². The van der Waals surface area contributed by atoms with Crippen LogP contribution in [0.15, 0.2) is 23.1 Å². The Morgan fingerprint density at radius 1 is 1.31 bits per heavy atom. The predicted octanol–water partition coefficient (Wildman–Crippen LogP) is 1.74. The summed E-state index contributed by atoms with van der Waals surface area (Å²) < 4.78 is 30.1. The molecule has 0 aromatic heterocycles. The number of amides is 1. The molecule has 26 heavy (non-hydrogen) atoms. The number of hydrogen-bond acceptors (Lipinski definition) is 6. The van der Waals surface area contributed by atoms with Crippen molar-refractivity contribution in [2.45, 2.75) is 36.6 Å². The van der Waals surface area contributed by atoms with Crippen molar-refractivity contribution in [2.24, 2.45) is 0 Å². The smallest absolute Gasteiger partial charge is 0.340 e. The van der Waals surface area contributed by atoms with Gasteiger partial charge in [0.15, 0.2) is 6.61 Å². The molecule has 0 saturated heterocycles. The average Bonchev–Trinajstić information content (AvgIpc) is 3.11. The van der Waals surface area contributed by atoms with Crippen molar-refractivity contribution in [2.75, 3.05) is 20.8 Å². The van der Waals surface area contributed by atoms with Gasteiger partial charge in [-0.05, 0) is 31.0 Å². The van der Waals surface area contributed by atoms with E-state index in [9.17, 15) is 18.0 Å². The highest BCUT2D eigenvalue weighted by Crippen LogP contribution is 2.23. The third-order valence-corrected chi connectivity index (χ3v) is 6.11. The second-order valence-electron chi connectivity index (χ2n) is 5.86. The number of carbonyl (C=O) groups excluding carboxylic acids is 2. The van der Waals surface area contributed by atoms with Crippen LogP contribution in [0.1, 0.15) is 36.0 Å². The summed E-state index contributed by atoms with van der Waals surface area (Å²) in [6, 6.07) is 3.72. The van der Waals surface area contributed by atoms with Crippen molar-refractivity contribution in [1.29, 1.82) is 0 Å². The van der Waals surface area contributed by atoms with E-state index < -0.39 is 28.5 Å². The lowest BCUT2D eigenvalue weighted by molar-refractivity contribution is -0.124. The van der Waals surface area contributed by atoms with Gasteiger partial charge in [0.05, 0.1) is 22.6 Å². The molecule has 1 amide bonds. The number of hydrogen-bond donors (Lipinski definition) is 1. The first kappa shape index (κ1) is 20.6. The van der Waals surface area contributed by atoms with E-state index in [0.29, 0.717) is 4.47 Å². The van der Waals surface area contributed by atoms with Gasteiger partial charge in [-0.15, -0.1) is 0 Å². The minimum absolute atomic E-state index is 0.0187. The first-order valence-corrected chi connectivity index (χ1v) is 9.86. The van der Waals surface area contributed by atoms with Gasteiger partial charge in [0.1, 0.15) is 0 Å². The van der Waals surface area contributed by atoms with Gasteiger partial charge >= 0.3 is 5.97 Å². The molecule has 10 heteroatoms. The molecule has 8 nitrogen and oxygen atoms in total. The molecular formula is C16H21ClN2O6S. The van der Waals surface area contributed by atoms with Crippen molar-refractivity contribution in [3.05, 3.63) is 28.8 Å². The van der Waals surface area contributed by atoms with Crippen LogP contribution in [-0.4, -0.2) is 51.6 Å². The zero-order valence-corrected chi connectivity index (χ0v) is 16.1. The van der Waals surface area contributed by atoms with Crippen molar-refractivity contribution in [1.82, 2.24) is 9.79 Å². The Balaban J connectivity index is 2.06. The number of halogens is 1. The molecule has 2 rings (SSSR count). The fraction of sp³-hybridized carbons (Fsp3) is 0.500. The van der Waals surface area contributed by atoms with Gasteiger partial charge in [0, 0.05) is 13.1 Å². The van der Waals surface area contributed by atoms with Gasteiger partial charge in [-0.1, -0.05) is 28.9 Å². The molecule has 1 aliphatic carbocycles. The third kappa shape index (κ3) is 4.94. The van der Waals surface area contributed by atoms with Crippen LogP contribution in [-0.2, 0) is 24.4 Å². The number of nitrogens with one attached hydrogen (secondary N) is 1. The molecule has 0 heterocycles. The summed E-state index contributed by atoms with van der Waals surface area (Å²) in [5.74, 6) is -1.28. The molecule has 144 valence electrons. The number of benzene rings is 1. The van der Waals surface area contributed by atoms with Gasteiger partial charge in [-0.25, -0.2) is 13.2 Å². The number of sulfonamides is 1. The van der Waals surface area contributed by atoms with Crippen molar-refractivity contribution < 1.29 is 27.6 Å². The van der Waals surface area contributed by atoms with Crippen LogP contribution in [0.2, 0.25) is 5.02 Å². The Morgan fingerprint density at radius 3 is 2.58 bits per heavy atom. The van der Waals surface area contributed by atoms with E-state index in [-0.39, 0.29) is 21.5 Å². The summed E-state index contributed by atoms with van der Waals surface area (Å²) in [5, 5.41) is 2.81. The number of rotatable bonds is 7. The lowest BCUT2D eigenvalue weighted by Gasteiger charge is -2.15. The molecule has 0 spiro atoms. The summed E-state index contributed by atoms with van der Waals surface area (Å²) in [5.41, 5.74) is -0.147. The Kier molecular flexibility index (Phi) is 6.99. The first-order valence-electron chi connectivity index (χ1n) is 8.04. The fourth-order valence-corrected chi connectivity index (χ4v) is 3.81. The van der Waals surface area contributed by atoms with Gasteiger partial charge in [-0.2, -0.15) is 0 Å². The summed E-state index contributed by atoms with van der Waals surface area (Å²) >= 11 is 5.97. The highest BCUT2D eigenvalue weighted by atomic mass is 35.5. The van der Waals surface area contributed by atoms with Crippen LogP contribution in [0.25, 0.3) is 0 Å². The summed E-state index contributed by atoms with van der Waals surface area (Å²) in [7, 11) is -1.53. The van der Waals surface area contributed by atoms with Crippen LogP contribution >= 0.6 is 11.6 Å². The van der Waals surface area contributed by atoms with Gasteiger partial charge in [-0.3, -0.25) is 9.63 Å². The zero-order valence-electron chi connectivity index (χ0n) is 14.5. The van der Waals surface area contributed by atoms with Gasteiger partial charge in [0.2, 0.25) is 0 Å². The van der Waals surface area contributed by atoms with Crippen LogP contribution in [0.3, 0.4) is 0 Å². The van der Waals surface area contributed by atoms with Crippen LogP contribution in [0.4, 0.5) is 0 Å². The Bertz CT molecular complexity index is 777. The highest BCUT2D eigenvalue weighted by Gasteiger charge is 2.24. The van der Waals surface area contributed by atoms with Gasteiger partial charge in [0.25, 0.3) is 15.9 Å². The predicted molar refractivity (Wildman–Crippen MR) is 94.1 cm³/mol. The maximum Gasteiger partial charge on any atom is 0.340 e. The van der Waals surface area contributed by atoms with Crippen molar-refractivity contribution >= 4 is 33.5 Å². The average molecular weight is 405 g/mol. The second-order valence-corrected chi connectivity index (χ2v) is 8.21. The Labute approximate surface area is 157 Å². The molecule has 0 aliphatic heterocycles. The minimum atomic E-state index is -3.94. The maximum absolute atomic E-state index is 12.3. The Morgan fingerprint density at radius 2 is 1.96 bits per heavy atom. The number of carbonyl (C=O) groups is 2. The van der Waals surface area contributed by atoms with E-state index >= 15 is 0 Å². The standard InChI is InChI=1S/C16H21ClN2O6S/c1-19(24-2)26(22,23)12-7-8-14(17)13(9-12)16(21)25-10-15(20)18-11-5-3-4-6-11/h7-9,11H,3-6,10H2,1-2H3,(H,18,20). The lowest BCUT2D eigenvalue weighted by Crippen LogP contribution is -2.36. The largest absolute Gasteiger partial charge is 0.452 e. The SMILES string of the molecule is CON(C)S(=O)(=O)c1ccc(Cl)c(C(=O)OCC(=O)NC2CCCC2)c1. The molecule has 1 saturated carbocycles. The second kappa shape index (κ2) is 8.81. The normalized spacial score (nSPS) is 15.2. The molecule has 1 aromatic carbocycles. The topological polar surface area (TPSA) is 102 Å². The quantitative estimate of drug-likeness (QED) is 0.548. The van der Waals surface area contributed by atoms with Crippen LogP contribution < -0.4 is 5.32 Å². The number of hydroxylamine groups is 1. The van der Waals surface area contributed by atoms with Gasteiger partial charge < -0.3 is 10.1 Å². The summed E-state index contributed by atoms with van der Waals surface area (Å²) in [6.07, 6.45) is 3.96. The molecule has 1 aliphatic rings. The van der Waals surface area contributed by atoms with E-state index in [0.717, 1.165) is 31.7 Å². The number of esters is 1. The molecule has 1 N–H and O–H groups in total. The minimum Gasteiger partial charge on any atom is -0.452 e. The van der Waals surface area contributed by atoms with Crippen molar-refractivity contribution in [3.63, 3.8) is 0 Å². The summed E-state index contributed by atoms with van der Waals surface area (Å²) in [4.78, 5) is 28.5. The molecular weight excluding hydrogens is 384 g/mol. The summed E-state index contributed by atoms with van der Waals surface area (Å²) in [6.45, 7) is -0.458. The van der Waals surface area contributed by atoms with E-state index in [4.69, 9.17) is 16.3 Å². The van der Waals surface area contributed by atoms with Crippen LogP contribution in [0.5, 0.6) is 0 Å². The third-order valence-electron chi connectivity index (χ3n) is 4.11. The Hall–Kier alpha value is -1.68. The monoisotopic (exact) mass is 404 g/mol. The molecule has 1 aromatic rings. The molecule has 0 radical (unpaired) electrons. The molecule has 0 unspecified atom stereocenters. The molecule has 0 atom stereocenters. The lowest BCUT2D eigenvalue weighted by atomic mass is 10.2. The van der Waals surface area contributed by atoms with E-state index in [1.165, 1.54) is 26.3 Å². The van der Waals surface area contributed by atoms with E-state index in [2.05, 4.69) is 10.2 Å². The first-order chi connectivity index (χ1) is 12.3. The maximum atomic E-state index is 12.3. The number of ether oxygens (including phenoxy) is 1.